The Balaban J connectivity index is 1.94. The quantitative estimate of drug-likeness (QED) is 0.260. The van der Waals surface area contributed by atoms with Gasteiger partial charge in [0.1, 0.15) is 13.2 Å². The van der Waals surface area contributed by atoms with Crippen LogP contribution in [0.5, 0.6) is 0 Å². The number of esters is 1. The Morgan fingerprint density at radius 3 is 2.62 bits per heavy atom. The lowest BCUT2D eigenvalue weighted by Gasteiger charge is -2.03. The molecular weight excluding hydrogens is 293 g/mol. The molecule has 7 heteroatoms. The monoisotopic (exact) mass is 301 g/mol. The van der Waals surface area contributed by atoms with E-state index >= 15 is 0 Å². The number of carbonyl (C=O) groups is 2. The maximum atomic E-state index is 10.8. The van der Waals surface area contributed by atoms with E-state index in [9.17, 15) is 9.59 Å². The van der Waals surface area contributed by atoms with Crippen LogP contribution >= 0.6 is 22.9 Å². The van der Waals surface area contributed by atoms with Gasteiger partial charge in [-0.25, -0.2) is 9.59 Å². The topological polar surface area (TPSA) is 77.2 Å². The van der Waals surface area contributed by atoms with E-state index in [-0.39, 0.29) is 13.2 Å². The Morgan fingerprint density at radius 2 is 2.08 bits per heavy atom. The lowest BCUT2D eigenvalue weighted by Crippen LogP contribution is -2.19. The minimum absolute atomic E-state index is 0.0489. The van der Waals surface area contributed by atoms with Crippen molar-refractivity contribution in [2.24, 2.45) is 0 Å². The fourth-order valence-corrected chi connectivity index (χ4v) is 0.737. The standard InChI is InChI=1S/C6H8INO5/c7-8-6(10)12-2-1-11-5(9)4-3-13-4/h4H,1-3H2,(H,8,10). The van der Waals surface area contributed by atoms with Gasteiger partial charge in [0.05, 0.1) is 29.5 Å². The number of hydrogen-bond donors (Lipinski definition) is 1. The molecule has 0 aliphatic carbocycles. The molecule has 6 nitrogen and oxygen atoms in total. The summed E-state index contributed by atoms with van der Waals surface area (Å²) in [4.78, 5) is 21.3. The molecule has 1 atom stereocenters. The molecule has 1 N–H and O–H groups in total. The van der Waals surface area contributed by atoms with E-state index in [0.29, 0.717) is 6.61 Å². The van der Waals surface area contributed by atoms with Gasteiger partial charge < -0.3 is 14.2 Å². The van der Waals surface area contributed by atoms with Crippen LogP contribution in [0.2, 0.25) is 0 Å². The Hall–Kier alpha value is -0.570. The average Bonchev–Trinajstić information content (AvgIpc) is 2.94. The van der Waals surface area contributed by atoms with Crippen LogP contribution < -0.4 is 3.53 Å². The van der Waals surface area contributed by atoms with Crippen molar-refractivity contribution in [2.45, 2.75) is 6.10 Å². The Bertz CT molecular complexity index is 205. The normalized spacial score (nSPS) is 19.0. The number of rotatable bonds is 4. The van der Waals surface area contributed by atoms with E-state index in [1.807, 2.05) is 0 Å². The number of hydrogen-bond acceptors (Lipinski definition) is 5. The highest BCUT2D eigenvalue weighted by atomic mass is 127. The highest BCUT2D eigenvalue weighted by Gasteiger charge is 2.32. The van der Waals surface area contributed by atoms with Crippen molar-refractivity contribution in [2.75, 3.05) is 19.8 Å². The van der Waals surface area contributed by atoms with Crippen LogP contribution in [0.15, 0.2) is 0 Å². The summed E-state index contributed by atoms with van der Waals surface area (Å²) in [5.74, 6) is -0.404. The van der Waals surface area contributed by atoms with Gasteiger partial charge in [0.2, 0.25) is 0 Å². The third kappa shape index (κ3) is 4.27. The Labute approximate surface area is 88.4 Å². The molecule has 0 aromatic heterocycles. The maximum absolute atomic E-state index is 10.8. The van der Waals surface area contributed by atoms with Crippen molar-refractivity contribution in [3.63, 3.8) is 0 Å². The van der Waals surface area contributed by atoms with Gasteiger partial charge in [0.25, 0.3) is 0 Å². The van der Waals surface area contributed by atoms with E-state index in [1.165, 1.54) is 0 Å². The van der Waals surface area contributed by atoms with Gasteiger partial charge >= 0.3 is 12.1 Å². The number of ether oxygens (including phenoxy) is 3. The Kier molecular flexibility index (Phi) is 4.22. The lowest BCUT2D eigenvalue weighted by molar-refractivity contribution is -0.146. The Morgan fingerprint density at radius 1 is 1.46 bits per heavy atom. The van der Waals surface area contributed by atoms with Crippen molar-refractivity contribution < 1.29 is 23.8 Å². The molecule has 0 aromatic rings. The van der Waals surface area contributed by atoms with Crippen LogP contribution in [-0.4, -0.2) is 38.0 Å². The van der Waals surface area contributed by atoms with Crippen molar-refractivity contribution in [3.8, 4) is 0 Å². The molecule has 1 rings (SSSR count). The highest BCUT2D eigenvalue weighted by Crippen LogP contribution is 2.09. The van der Waals surface area contributed by atoms with Crippen molar-refractivity contribution in [1.29, 1.82) is 0 Å². The first-order valence-corrected chi connectivity index (χ1v) is 4.63. The summed E-state index contributed by atoms with van der Waals surface area (Å²) in [6, 6.07) is 0. The van der Waals surface area contributed by atoms with Crippen LogP contribution in [0.4, 0.5) is 4.79 Å². The lowest BCUT2D eigenvalue weighted by atomic mass is 10.5. The van der Waals surface area contributed by atoms with Gasteiger partial charge in [0, 0.05) is 0 Å². The third-order valence-electron chi connectivity index (χ3n) is 1.23. The molecule has 1 aliphatic heterocycles. The molecular formula is C6H8INO5. The predicted molar refractivity (Wildman–Crippen MR) is 49.2 cm³/mol. The molecule has 1 unspecified atom stereocenters. The van der Waals surface area contributed by atoms with E-state index in [1.54, 1.807) is 22.9 Å². The van der Waals surface area contributed by atoms with E-state index in [4.69, 9.17) is 0 Å². The van der Waals surface area contributed by atoms with Crippen LogP contribution in [0.1, 0.15) is 0 Å². The molecule has 1 saturated heterocycles. The molecule has 1 heterocycles. The number of amides is 1. The summed E-state index contributed by atoms with van der Waals surface area (Å²) in [7, 11) is 0. The molecule has 1 aliphatic rings. The first kappa shape index (κ1) is 10.5. The van der Waals surface area contributed by atoms with Crippen molar-refractivity contribution in [1.82, 2.24) is 3.53 Å². The summed E-state index contributed by atoms with van der Waals surface area (Å²) in [6.45, 7) is 0.532. The van der Waals surface area contributed by atoms with E-state index < -0.39 is 18.2 Å². The van der Waals surface area contributed by atoms with Crippen LogP contribution in [0.3, 0.4) is 0 Å². The first-order chi connectivity index (χ1) is 6.24. The maximum Gasteiger partial charge on any atom is 0.416 e. The van der Waals surface area contributed by atoms with Gasteiger partial charge in [0.15, 0.2) is 6.10 Å². The van der Waals surface area contributed by atoms with Gasteiger partial charge in [-0.2, -0.15) is 0 Å². The summed E-state index contributed by atoms with van der Waals surface area (Å²) >= 11 is 1.65. The molecule has 0 saturated carbocycles. The number of carbonyl (C=O) groups excluding carboxylic acids is 2. The largest absolute Gasteiger partial charge is 0.460 e. The zero-order chi connectivity index (χ0) is 9.68. The van der Waals surface area contributed by atoms with Gasteiger partial charge in [-0.3, -0.25) is 3.53 Å². The second-order valence-electron chi connectivity index (χ2n) is 2.22. The summed E-state index contributed by atoms with van der Waals surface area (Å²) < 4.78 is 16.2. The molecule has 13 heavy (non-hydrogen) atoms. The van der Waals surface area contributed by atoms with Gasteiger partial charge in [-0.05, 0) is 0 Å². The first-order valence-electron chi connectivity index (χ1n) is 3.55. The molecule has 0 aromatic carbocycles. The molecule has 1 amide bonds. The van der Waals surface area contributed by atoms with Crippen LogP contribution in [0, 0.1) is 0 Å². The fourth-order valence-electron chi connectivity index (χ4n) is 0.581. The summed E-state index contributed by atoms with van der Waals surface area (Å²) in [5, 5.41) is 0. The minimum atomic E-state index is -0.556. The molecule has 0 radical (unpaired) electrons. The van der Waals surface area contributed by atoms with Crippen molar-refractivity contribution in [3.05, 3.63) is 0 Å². The molecule has 0 bridgehead atoms. The fraction of sp³-hybridized carbons (Fsp3) is 0.667. The predicted octanol–water partition coefficient (Wildman–Crippen LogP) is 0.00460. The zero-order valence-corrected chi connectivity index (χ0v) is 8.78. The van der Waals surface area contributed by atoms with E-state index in [2.05, 4.69) is 17.7 Å². The second kappa shape index (κ2) is 5.22. The van der Waals surface area contributed by atoms with E-state index in [0.717, 1.165) is 0 Å². The van der Waals surface area contributed by atoms with Crippen molar-refractivity contribution >= 4 is 34.9 Å². The third-order valence-corrected chi connectivity index (χ3v) is 1.67. The summed E-state index contributed by atoms with van der Waals surface area (Å²) in [6.07, 6.45) is -0.960. The zero-order valence-electron chi connectivity index (χ0n) is 6.62. The minimum Gasteiger partial charge on any atom is -0.460 e. The SMILES string of the molecule is O=C(NI)OCCOC(=O)C1CO1. The second-order valence-corrected chi connectivity index (χ2v) is 2.76. The smallest absolute Gasteiger partial charge is 0.416 e. The summed E-state index contributed by atoms with van der Waals surface area (Å²) in [5.41, 5.74) is 0. The van der Waals surface area contributed by atoms with Gasteiger partial charge in [-0.15, -0.1) is 0 Å². The highest BCUT2D eigenvalue weighted by molar-refractivity contribution is 14.1. The average molecular weight is 301 g/mol. The van der Waals surface area contributed by atoms with Crippen LogP contribution in [0.25, 0.3) is 0 Å². The number of nitrogens with one attached hydrogen (secondary N) is 1. The molecule has 0 spiro atoms. The number of epoxide rings is 1. The van der Waals surface area contributed by atoms with Gasteiger partial charge in [-0.1, -0.05) is 0 Å². The van der Waals surface area contributed by atoms with Crippen LogP contribution in [-0.2, 0) is 19.0 Å². The molecule has 74 valence electrons. The number of halogens is 1. The molecule has 1 fully saturated rings.